The minimum Gasteiger partial charge on any atom is -0.493 e. The van der Waals surface area contributed by atoms with Crippen molar-refractivity contribution in [1.82, 2.24) is 0 Å². The minimum absolute atomic E-state index is 0.0331. The van der Waals surface area contributed by atoms with Gasteiger partial charge in [0.1, 0.15) is 5.75 Å². The van der Waals surface area contributed by atoms with Gasteiger partial charge in [-0.15, -0.1) is 0 Å². The first-order chi connectivity index (χ1) is 9.31. The predicted molar refractivity (Wildman–Crippen MR) is 90.3 cm³/mol. The second-order valence-electron chi connectivity index (χ2n) is 8.62. The van der Waals surface area contributed by atoms with Crippen molar-refractivity contribution in [1.29, 1.82) is 0 Å². The molecule has 0 saturated heterocycles. The molecule has 0 bridgehead atoms. The van der Waals surface area contributed by atoms with Crippen LogP contribution in [-0.2, 0) is 10.8 Å². The molecule has 0 amide bonds. The van der Waals surface area contributed by atoms with Crippen LogP contribution in [0, 0.1) is 0 Å². The molecule has 0 aliphatic heterocycles. The molecule has 120 valence electrons. The molecule has 0 aliphatic rings. The number of benzene rings is 1. The maximum absolute atomic E-state index is 9.80. The average molecular weight is 292 g/mol. The third-order valence-corrected chi connectivity index (χ3v) is 3.63. The van der Waals surface area contributed by atoms with Gasteiger partial charge in [0.2, 0.25) is 0 Å². The maximum atomic E-state index is 9.80. The van der Waals surface area contributed by atoms with Crippen LogP contribution in [0.3, 0.4) is 0 Å². The lowest BCUT2D eigenvalue weighted by atomic mass is 9.80. The molecule has 1 N–H and O–H groups in total. The Morgan fingerprint density at radius 1 is 0.905 bits per heavy atom. The van der Waals surface area contributed by atoms with Crippen molar-refractivity contribution in [3.8, 4) is 5.75 Å². The molecule has 0 atom stereocenters. The SMILES string of the molecule is CC(C)(O)CCOc1ccc(C(C)(C)C)cc1C(C)(C)C. The van der Waals surface area contributed by atoms with E-state index in [2.05, 4.69) is 59.7 Å². The highest BCUT2D eigenvalue weighted by Gasteiger charge is 2.23. The van der Waals surface area contributed by atoms with Crippen LogP contribution in [0.25, 0.3) is 0 Å². The van der Waals surface area contributed by atoms with Crippen molar-refractivity contribution in [2.75, 3.05) is 6.61 Å². The molecule has 21 heavy (non-hydrogen) atoms. The molecule has 2 heteroatoms. The van der Waals surface area contributed by atoms with E-state index in [1.807, 2.05) is 13.8 Å². The summed E-state index contributed by atoms with van der Waals surface area (Å²) in [6.07, 6.45) is 0.623. The van der Waals surface area contributed by atoms with Crippen molar-refractivity contribution < 1.29 is 9.84 Å². The lowest BCUT2D eigenvalue weighted by Gasteiger charge is -2.27. The van der Waals surface area contributed by atoms with Gasteiger partial charge in [0.25, 0.3) is 0 Å². The van der Waals surface area contributed by atoms with E-state index in [4.69, 9.17) is 4.74 Å². The second kappa shape index (κ2) is 6.00. The smallest absolute Gasteiger partial charge is 0.123 e. The lowest BCUT2D eigenvalue weighted by molar-refractivity contribution is 0.0551. The standard InChI is InChI=1S/C19H32O2/c1-17(2,3)14-9-10-16(15(13-14)18(4,5)6)21-12-11-19(7,8)20/h9-10,13,20H,11-12H2,1-8H3. The van der Waals surface area contributed by atoms with Gasteiger partial charge in [-0.25, -0.2) is 0 Å². The Labute approximate surface area is 130 Å². The number of rotatable bonds is 4. The summed E-state index contributed by atoms with van der Waals surface area (Å²) in [4.78, 5) is 0. The van der Waals surface area contributed by atoms with E-state index in [0.29, 0.717) is 13.0 Å². The third-order valence-electron chi connectivity index (χ3n) is 3.63. The second-order valence-corrected chi connectivity index (χ2v) is 8.62. The zero-order valence-electron chi connectivity index (χ0n) is 15.0. The zero-order chi connectivity index (χ0) is 16.5. The summed E-state index contributed by atoms with van der Waals surface area (Å²) in [5, 5.41) is 9.80. The number of hydrogen-bond donors (Lipinski definition) is 1. The van der Waals surface area contributed by atoms with Crippen LogP contribution in [0.15, 0.2) is 18.2 Å². The first-order valence-corrected chi connectivity index (χ1v) is 7.81. The maximum Gasteiger partial charge on any atom is 0.123 e. The molecule has 0 unspecified atom stereocenters. The molecule has 0 saturated carbocycles. The Morgan fingerprint density at radius 3 is 1.90 bits per heavy atom. The van der Waals surface area contributed by atoms with Crippen LogP contribution in [0.5, 0.6) is 5.75 Å². The molecule has 1 aromatic rings. The number of hydrogen-bond acceptors (Lipinski definition) is 2. The fourth-order valence-electron chi connectivity index (χ4n) is 2.12. The van der Waals surface area contributed by atoms with Gasteiger partial charge in [0.15, 0.2) is 0 Å². The van der Waals surface area contributed by atoms with Crippen LogP contribution < -0.4 is 4.74 Å². The monoisotopic (exact) mass is 292 g/mol. The summed E-state index contributed by atoms with van der Waals surface area (Å²) in [5.41, 5.74) is 2.03. The number of aliphatic hydroxyl groups is 1. The number of ether oxygens (including phenoxy) is 1. The first kappa shape index (κ1) is 18.0. The Balaban J connectivity index is 3.04. The van der Waals surface area contributed by atoms with Crippen molar-refractivity contribution in [3.63, 3.8) is 0 Å². The van der Waals surface area contributed by atoms with Crippen LogP contribution in [0.2, 0.25) is 0 Å². The van der Waals surface area contributed by atoms with E-state index in [1.165, 1.54) is 11.1 Å². The van der Waals surface area contributed by atoms with Gasteiger partial charge < -0.3 is 9.84 Å². The molecule has 2 nitrogen and oxygen atoms in total. The van der Waals surface area contributed by atoms with Crippen molar-refractivity contribution in [3.05, 3.63) is 29.3 Å². The third kappa shape index (κ3) is 5.70. The van der Waals surface area contributed by atoms with Crippen LogP contribution >= 0.6 is 0 Å². The first-order valence-electron chi connectivity index (χ1n) is 7.81. The highest BCUT2D eigenvalue weighted by atomic mass is 16.5. The average Bonchev–Trinajstić information content (AvgIpc) is 2.24. The predicted octanol–water partition coefficient (Wildman–Crippen LogP) is 4.82. The van der Waals surface area contributed by atoms with Gasteiger partial charge in [-0.2, -0.15) is 0 Å². The van der Waals surface area contributed by atoms with Gasteiger partial charge in [-0.05, 0) is 41.9 Å². The van der Waals surface area contributed by atoms with Crippen molar-refractivity contribution >= 4 is 0 Å². The van der Waals surface area contributed by atoms with E-state index in [1.54, 1.807) is 0 Å². The van der Waals surface area contributed by atoms with Crippen molar-refractivity contribution in [2.45, 2.75) is 78.2 Å². The Kier molecular flexibility index (Phi) is 5.15. The van der Waals surface area contributed by atoms with Gasteiger partial charge in [0, 0.05) is 6.42 Å². The minimum atomic E-state index is -0.687. The molecule has 0 aliphatic carbocycles. The Hall–Kier alpha value is -1.02. The summed E-state index contributed by atoms with van der Waals surface area (Å²) in [6.45, 7) is 17.4. The van der Waals surface area contributed by atoms with Gasteiger partial charge in [-0.1, -0.05) is 53.7 Å². The summed E-state index contributed by atoms with van der Waals surface area (Å²) < 4.78 is 5.95. The van der Waals surface area contributed by atoms with Crippen LogP contribution in [0.1, 0.15) is 72.9 Å². The topological polar surface area (TPSA) is 29.5 Å². The normalized spacial score (nSPS) is 13.4. The molecular weight excluding hydrogens is 260 g/mol. The van der Waals surface area contributed by atoms with Crippen molar-refractivity contribution in [2.24, 2.45) is 0 Å². The Bertz CT molecular complexity index is 468. The van der Waals surface area contributed by atoms with E-state index >= 15 is 0 Å². The summed E-state index contributed by atoms with van der Waals surface area (Å²) in [7, 11) is 0. The fraction of sp³-hybridized carbons (Fsp3) is 0.684. The van der Waals surface area contributed by atoms with Gasteiger partial charge >= 0.3 is 0 Å². The lowest BCUT2D eigenvalue weighted by Crippen LogP contribution is -2.23. The Morgan fingerprint density at radius 2 is 1.48 bits per heavy atom. The van der Waals surface area contributed by atoms with Crippen LogP contribution in [-0.4, -0.2) is 17.3 Å². The molecule has 0 aromatic heterocycles. The molecule has 0 heterocycles. The molecule has 0 fully saturated rings. The molecule has 1 rings (SSSR count). The summed E-state index contributed by atoms with van der Waals surface area (Å²) in [6, 6.07) is 6.49. The molecule has 0 radical (unpaired) electrons. The largest absolute Gasteiger partial charge is 0.493 e. The highest BCUT2D eigenvalue weighted by molar-refractivity contribution is 5.43. The summed E-state index contributed by atoms with van der Waals surface area (Å²) in [5.74, 6) is 0.930. The highest BCUT2D eigenvalue weighted by Crippen LogP contribution is 2.35. The van der Waals surface area contributed by atoms with Crippen LogP contribution in [0.4, 0.5) is 0 Å². The van der Waals surface area contributed by atoms with E-state index < -0.39 is 5.60 Å². The van der Waals surface area contributed by atoms with Gasteiger partial charge in [-0.3, -0.25) is 0 Å². The quantitative estimate of drug-likeness (QED) is 0.862. The summed E-state index contributed by atoms with van der Waals surface area (Å²) >= 11 is 0. The van der Waals surface area contributed by atoms with Gasteiger partial charge in [0.05, 0.1) is 12.2 Å². The molecule has 0 spiro atoms. The fourth-order valence-corrected chi connectivity index (χ4v) is 2.12. The van der Waals surface area contributed by atoms with E-state index in [9.17, 15) is 5.11 Å². The zero-order valence-corrected chi connectivity index (χ0v) is 15.0. The van der Waals surface area contributed by atoms with E-state index in [0.717, 1.165) is 5.75 Å². The molecular formula is C19H32O2. The van der Waals surface area contributed by atoms with E-state index in [-0.39, 0.29) is 10.8 Å². The molecule has 1 aromatic carbocycles.